The summed E-state index contributed by atoms with van der Waals surface area (Å²) in [6, 6.07) is 7.29. The van der Waals surface area contributed by atoms with Gasteiger partial charge < -0.3 is 0 Å². The Morgan fingerprint density at radius 3 is 2.32 bits per heavy atom. The largest absolute Gasteiger partial charge is 0.219 e. The van der Waals surface area contributed by atoms with E-state index in [2.05, 4.69) is 0 Å². The minimum atomic E-state index is -3.40. The summed E-state index contributed by atoms with van der Waals surface area (Å²) in [5.41, 5.74) is 0.678. The Hall–Kier alpha value is -1.35. The third-order valence-electron chi connectivity index (χ3n) is 3.26. The molecule has 0 saturated heterocycles. The smallest absolute Gasteiger partial charge is 0.206 e. The quantitative estimate of drug-likeness (QED) is 0.818. The van der Waals surface area contributed by atoms with Crippen LogP contribution in [0.3, 0.4) is 0 Å². The molecule has 0 unspecified atom stereocenters. The molecule has 0 aromatic heterocycles. The van der Waals surface area contributed by atoms with Crippen molar-refractivity contribution in [3.8, 4) is 0 Å². The van der Waals surface area contributed by atoms with Gasteiger partial charge >= 0.3 is 0 Å². The van der Waals surface area contributed by atoms with Crippen molar-refractivity contribution in [3.63, 3.8) is 0 Å². The molecule has 0 heterocycles. The first-order valence-corrected chi connectivity index (χ1v) is 8.03. The maximum Gasteiger partial charge on any atom is 0.206 e. The van der Waals surface area contributed by atoms with E-state index in [1.54, 1.807) is 18.2 Å². The number of rotatable bonds is 2. The highest BCUT2D eigenvalue weighted by Gasteiger charge is 2.27. The Morgan fingerprint density at radius 1 is 1.05 bits per heavy atom. The molecule has 0 radical (unpaired) electrons. The lowest BCUT2D eigenvalue weighted by molar-refractivity contribution is 0.564. The maximum atomic E-state index is 12.7. The summed E-state index contributed by atoms with van der Waals surface area (Å²) in [4.78, 5) is 0.857. The maximum absolute atomic E-state index is 12.7. The highest BCUT2D eigenvalue weighted by molar-refractivity contribution is 7.95. The van der Waals surface area contributed by atoms with E-state index in [9.17, 15) is 8.42 Å². The molecule has 1 aromatic rings. The third kappa shape index (κ3) is 2.81. The van der Waals surface area contributed by atoms with Crippen LogP contribution in [-0.4, -0.2) is 8.42 Å². The summed E-state index contributed by atoms with van der Waals surface area (Å²) < 4.78 is 25.5. The second-order valence-electron chi connectivity index (χ2n) is 5.84. The highest BCUT2D eigenvalue weighted by Crippen LogP contribution is 2.33. The average Bonchev–Trinajstić information content (AvgIpc) is 2.39. The van der Waals surface area contributed by atoms with Crippen molar-refractivity contribution in [1.82, 2.24) is 0 Å². The van der Waals surface area contributed by atoms with Crippen molar-refractivity contribution < 1.29 is 8.42 Å². The number of hydrogen-bond donors (Lipinski definition) is 0. The van der Waals surface area contributed by atoms with E-state index in [0.29, 0.717) is 9.80 Å². The van der Waals surface area contributed by atoms with Gasteiger partial charge in [-0.05, 0) is 36.0 Å². The van der Waals surface area contributed by atoms with Crippen molar-refractivity contribution in [2.24, 2.45) is 0 Å². The van der Waals surface area contributed by atoms with Gasteiger partial charge in [0.05, 0.1) is 9.80 Å². The molecule has 0 spiro atoms. The number of hydrogen-bond acceptors (Lipinski definition) is 2. The van der Waals surface area contributed by atoms with E-state index in [4.69, 9.17) is 0 Å². The van der Waals surface area contributed by atoms with Gasteiger partial charge in [0.2, 0.25) is 9.84 Å². The Bertz CT molecular complexity index is 629. The van der Waals surface area contributed by atoms with Crippen LogP contribution in [0.25, 0.3) is 0 Å². The molecule has 0 aliphatic heterocycles. The Labute approximate surface area is 115 Å². The Kier molecular flexibility index (Phi) is 3.68. The van der Waals surface area contributed by atoms with Gasteiger partial charge in [-0.1, -0.05) is 51.1 Å². The molecule has 0 N–H and O–H groups in total. The van der Waals surface area contributed by atoms with Gasteiger partial charge in [-0.15, -0.1) is 0 Å². The molecule has 102 valence electrons. The molecule has 3 heteroatoms. The fraction of sp³-hybridized carbons (Fsp3) is 0.375. The summed E-state index contributed by atoms with van der Waals surface area (Å²) >= 11 is 0. The summed E-state index contributed by atoms with van der Waals surface area (Å²) in [7, 11) is -3.40. The predicted molar refractivity (Wildman–Crippen MR) is 78.8 cm³/mol. The Balaban J connectivity index is 2.59. The molecule has 0 amide bonds. The second kappa shape index (κ2) is 4.97. The molecular formula is C16H20O2S. The van der Waals surface area contributed by atoms with E-state index in [-0.39, 0.29) is 5.41 Å². The van der Waals surface area contributed by atoms with E-state index >= 15 is 0 Å². The van der Waals surface area contributed by atoms with Gasteiger partial charge in [-0.25, -0.2) is 8.42 Å². The van der Waals surface area contributed by atoms with Crippen LogP contribution >= 0.6 is 0 Å². The van der Waals surface area contributed by atoms with Gasteiger partial charge in [0.1, 0.15) is 0 Å². The molecule has 0 fully saturated rings. The van der Waals surface area contributed by atoms with Crippen molar-refractivity contribution in [1.29, 1.82) is 0 Å². The highest BCUT2D eigenvalue weighted by atomic mass is 32.2. The van der Waals surface area contributed by atoms with Crippen LogP contribution in [0, 0.1) is 0 Å². The average molecular weight is 276 g/mol. The topological polar surface area (TPSA) is 34.1 Å². The Morgan fingerprint density at radius 2 is 1.74 bits per heavy atom. The first kappa shape index (κ1) is 14.1. The predicted octanol–water partition coefficient (Wildman–Crippen LogP) is 3.99. The standard InChI is InChI=1S/C16H20O2S/c1-16(2,3)14-11-7-8-12-15(14)19(17,18)13-9-5-4-6-10-13/h5,7-12H,4,6H2,1-3H3. The van der Waals surface area contributed by atoms with Crippen LogP contribution in [0.2, 0.25) is 0 Å². The van der Waals surface area contributed by atoms with Gasteiger partial charge in [0.15, 0.2) is 0 Å². The van der Waals surface area contributed by atoms with Crippen LogP contribution in [0.5, 0.6) is 0 Å². The molecular weight excluding hydrogens is 256 g/mol. The van der Waals surface area contributed by atoms with E-state index in [0.717, 1.165) is 18.4 Å². The normalized spacial score (nSPS) is 16.3. The molecule has 0 saturated carbocycles. The van der Waals surface area contributed by atoms with Crippen LogP contribution < -0.4 is 0 Å². The minimum absolute atomic E-state index is 0.192. The van der Waals surface area contributed by atoms with Crippen LogP contribution in [0.4, 0.5) is 0 Å². The monoisotopic (exact) mass is 276 g/mol. The van der Waals surface area contributed by atoms with Crippen molar-refractivity contribution in [2.75, 3.05) is 0 Å². The minimum Gasteiger partial charge on any atom is -0.219 e. The summed E-state index contributed by atoms with van der Waals surface area (Å²) in [5.74, 6) is 0. The van der Waals surface area contributed by atoms with Crippen LogP contribution in [0.1, 0.15) is 39.2 Å². The van der Waals surface area contributed by atoms with Gasteiger partial charge in [-0.2, -0.15) is 0 Å². The SMILES string of the molecule is CC(C)(C)c1ccccc1S(=O)(=O)C1=CCCC=C1. The third-order valence-corrected chi connectivity index (χ3v) is 5.11. The summed E-state index contributed by atoms with van der Waals surface area (Å²) in [5, 5.41) is 0. The van der Waals surface area contributed by atoms with Crippen molar-refractivity contribution in [3.05, 3.63) is 53.0 Å². The molecule has 2 nitrogen and oxygen atoms in total. The lowest BCUT2D eigenvalue weighted by atomic mass is 9.87. The molecule has 0 bridgehead atoms. The van der Waals surface area contributed by atoms with Crippen molar-refractivity contribution in [2.45, 2.75) is 43.9 Å². The lowest BCUT2D eigenvalue weighted by Gasteiger charge is -2.23. The molecule has 0 atom stereocenters. The molecule has 2 rings (SSSR count). The lowest BCUT2D eigenvalue weighted by Crippen LogP contribution is -2.17. The van der Waals surface area contributed by atoms with Crippen LogP contribution in [0.15, 0.2) is 52.3 Å². The molecule has 1 aromatic carbocycles. The van der Waals surface area contributed by atoms with Gasteiger partial charge in [-0.3, -0.25) is 0 Å². The van der Waals surface area contributed by atoms with Gasteiger partial charge in [0, 0.05) is 0 Å². The zero-order valence-corrected chi connectivity index (χ0v) is 12.5. The fourth-order valence-electron chi connectivity index (χ4n) is 2.24. The van der Waals surface area contributed by atoms with Gasteiger partial charge in [0.25, 0.3) is 0 Å². The molecule has 1 aliphatic carbocycles. The zero-order chi connectivity index (χ0) is 14.1. The molecule has 1 aliphatic rings. The number of allylic oxidation sites excluding steroid dienone is 3. The second-order valence-corrected chi connectivity index (χ2v) is 7.75. The molecule has 19 heavy (non-hydrogen) atoms. The van der Waals surface area contributed by atoms with Crippen molar-refractivity contribution >= 4 is 9.84 Å². The number of benzene rings is 1. The first-order valence-electron chi connectivity index (χ1n) is 6.55. The van der Waals surface area contributed by atoms with E-state index in [1.165, 1.54) is 0 Å². The number of sulfone groups is 1. The fourth-order valence-corrected chi connectivity index (χ4v) is 4.02. The summed E-state index contributed by atoms with van der Waals surface area (Å²) in [6.07, 6.45) is 7.17. The van der Waals surface area contributed by atoms with E-state index < -0.39 is 9.84 Å². The van der Waals surface area contributed by atoms with Crippen LogP contribution in [-0.2, 0) is 15.3 Å². The first-order chi connectivity index (χ1) is 8.83. The zero-order valence-electron chi connectivity index (χ0n) is 11.7. The summed E-state index contributed by atoms with van der Waals surface area (Å²) in [6.45, 7) is 6.10. The van der Waals surface area contributed by atoms with E-state index in [1.807, 2.05) is 45.1 Å².